The van der Waals surface area contributed by atoms with E-state index >= 15 is 0 Å². The molecule has 30 heavy (non-hydrogen) atoms. The van der Waals surface area contributed by atoms with E-state index in [-0.39, 0.29) is 17.4 Å². The number of carbonyl (C=O) groups is 2. The molecule has 1 aromatic heterocycles. The van der Waals surface area contributed by atoms with Gasteiger partial charge in [-0.05, 0) is 37.5 Å². The van der Waals surface area contributed by atoms with Crippen molar-refractivity contribution in [3.8, 4) is 0 Å². The van der Waals surface area contributed by atoms with Gasteiger partial charge in [-0.1, -0.05) is 18.2 Å². The molecule has 8 nitrogen and oxygen atoms in total. The summed E-state index contributed by atoms with van der Waals surface area (Å²) in [7, 11) is 0. The van der Waals surface area contributed by atoms with E-state index in [0.29, 0.717) is 34.6 Å². The van der Waals surface area contributed by atoms with Crippen molar-refractivity contribution >= 4 is 23.2 Å². The molecule has 1 aliphatic heterocycles. The molecule has 1 aliphatic carbocycles. The molecule has 2 N–H and O–H groups in total. The zero-order valence-corrected chi connectivity index (χ0v) is 16.3. The first-order chi connectivity index (χ1) is 14.5. The summed E-state index contributed by atoms with van der Waals surface area (Å²) in [4.78, 5) is 40.8. The third-order valence-corrected chi connectivity index (χ3v) is 5.36. The third kappa shape index (κ3) is 3.59. The highest BCUT2D eigenvalue weighted by Gasteiger charge is 2.38. The van der Waals surface area contributed by atoms with Gasteiger partial charge < -0.3 is 10.6 Å². The van der Waals surface area contributed by atoms with Crippen LogP contribution in [0.25, 0.3) is 0 Å². The first kappa shape index (κ1) is 19.5. The highest BCUT2D eigenvalue weighted by molar-refractivity contribution is 6.09. The molecular formula is C22H20N4O4. The second kappa shape index (κ2) is 7.90. The van der Waals surface area contributed by atoms with E-state index in [4.69, 9.17) is 0 Å². The molecule has 2 aromatic rings. The quantitative estimate of drug-likeness (QED) is 0.594. The number of nitrogens with one attached hydrogen (secondary N) is 2. The zero-order valence-electron chi connectivity index (χ0n) is 16.3. The number of Topliss-reactive ketones (excluding diaryl/α,β-unsaturated/α-hetero) is 1. The van der Waals surface area contributed by atoms with Crippen LogP contribution in [0.3, 0.4) is 0 Å². The molecule has 2 heterocycles. The van der Waals surface area contributed by atoms with Crippen LogP contribution in [-0.2, 0) is 9.59 Å². The van der Waals surface area contributed by atoms with Crippen LogP contribution in [0.4, 0.5) is 11.5 Å². The van der Waals surface area contributed by atoms with E-state index in [1.54, 1.807) is 43.5 Å². The molecule has 1 aromatic carbocycles. The van der Waals surface area contributed by atoms with Crippen molar-refractivity contribution in [3.05, 3.63) is 86.9 Å². The predicted molar refractivity (Wildman–Crippen MR) is 110 cm³/mol. The molecule has 0 bridgehead atoms. The number of hydrogen-bond donors (Lipinski definition) is 2. The number of benzene rings is 1. The van der Waals surface area contributed by atoms with Crippen LogP contribution in [-0.4, -0.2) is 21.6 Å². The van der Waals surface area contributed by atoms with Gasteiger partial charge in [-0.25, -0.2) is 4.98 Å². The number of pyridine rings is 1. The van der Waals surface area contributed by atoms with E-state index in [1.807, 2.05) is 0 Å². The Hall–Kier alpha value is -3.81. The Morgan fingerprint density at radius 3 is 2.63 bits per heavy atom. The minimum atomic E-state index is -0.599. The Bertz CT molecular complexity index is 1090. The number of rotatable bonds is 4. The topological polar surface area (TPSA) is 114 Å². The van der Waals surface area contributed by atoms with Gasteiger partial charge in [0, 0.05) is 53.2 Å². The summed E-state index contributed by atoms with van der Waals surface area (Å²) in [6, 6.07) is 11.2. The van der Waals surface area contributed by atoms with Crippen molar-refractivity contribution in [1.82, 2.24) is 10.3 Å². The highest BCUT2D eigenvalue weighted by Crippen LogP contribution is 2.42. The number of hydrogen-bond acceptors (Lipinski definition) is 6. The van der Waals surface area contributed by atoms with Crippen molar-refractivity contribution in [3.63, 3.8) is 0 Å². The number of anilines is 1. The fourth-order valence-electron chi connectivity index (χ4n) is 4.03. The summed E-state index contributed by atoms with van der Waals surface area (Å²) < 4.78 is 0. The maximum absolute atomic E-state index is 13.2. The molecular weight excluding hydrogens is 384 g/mol. The third-order valence-electron chi connectivity index (χ3n) is 5.36. The molecule has 0 fully saturated rings. The summed E-state index contributed by atoms with van der Waals surface area (Å²) in [6.45, 7) is 1.80. The van der Waals surface area contributed by atoms with Crippen molar-refractivity contribution in [2.24, 2.45) is 0 Å². The van der Waals surface area contributed by atoms with E-state index < -0.39 is 10.8 Å². The Morgan fingerprint density at radius 1 is 1.20 bits per heavy atom. The van der Waals surface area contributed by atoms with E-state index in [2.05, 4.69) is 15.6 Å². The summed E-state index contributed by atoms with van der Waals surface area (Å²) in [5.74, 6) is -0.576. The SMILES string of the molecule is CC1=C(C(=O)Nc2ccccn2)[C@@H](c2ccc([N+](=O)[O-])cc2)C2=C(CCCC2=O)N1. The maximum atomic E-state index is 13.2. The number of nitro groups is 1. The van der Waals surface area contributed by atoms with Crippen LogP contribution in [0.15, 0.2) is 71.2 Å². The normalized spacial score (nSPS) is 18.6. The minimum Gasteiger partial charge on any atom is -0.362 e. The van der Waals surface area contributed by atoms with Crippen LogP contribution >= 0.6 is 0 Å². The summed E-state index contributed by atoms with van der Waals surface area (Å²) in [6.07, 6.45) is 3.46. The van der Waals surface area contributed by atoms with Gasteiger partial charge in [-0.15, -0.1) is 0 Å². The molecule has 1 atom stereocenters. The molecule has 0 radical (unpaired) electrons. The van der Waals surface area contributed by atoms with E-state index in [0.717, 1.165) is 18.5 Å². The van der Waals surface area contributed by atoms with Gasteiger partial charge in [0.1, 0.15) is 5.82 Å². The number of aromatic nitrogens is 1. The fraction of sp³-hybridized carbons (Fsp3) is 0.227. The average Bonchev–Trinajstić information content (AvgIpc) is 2.73. The van der Waals surface area contributed by atoms with Crippen molar-refractivity contribution in [2.75, 3.05) is 5.32 Å². The molecule has 152 valence electrons. The molecule has 0 saturated carbocycles. The van der Waals surface area contributed by atoms with Crippen molar-refractivity contribution < 1.29 is 14.5 Å². The van der Waals surface area contributed by atoms with Crippen molar-refractivity contribution in [2.45, 2.75) is 32.1 Å². The maximum Gasteiger partial charge on any atom is 0.269 e. The fourth-order valence-corrected chi connectivity index (χ4v) is 4.03. The molecule has 0 saturated heterocycles. The van der Waals surface area contributed by atoms with Crippen molar-refractivity contribution in [1.29, 1.82) is 0 Å². The van der Waals surface area contributed by atoms with Crippen LogP contribution < -0.4 is 10.6 Å². The van der Waals surface area contributed by atoms with E-state index in [1.165, 1.54) is 12.1 Å². The molecule has 4 rings (SSSR count). The van der Waals surface area contributed by atoms with E-state index in [9.17, 15) is 19.7 Å². The largest absolute Gasteiger partial charge is 0.362 e. The van der Waals surface area contributed by atoms with Gasteiger partial charge in [-0.2, -0.15) is 0 Å². The summed E-state index contributed by atoms with van der Waals surface area (Å²) in [5.41, 5.74) is 3.06. The molecule has 2 aliphatic rings. The van der Waals surface area contributed by atoms with Gasteiger partial charge in [0.05, 0.1) is 4.92 Å². The van der Waals surface area contributed by atoms with Gasteiger partial charge in [-0.3, -0.25) is 19.7 Å². The van der Waals surface area contributed by atoms with Gasteiger partial charge in [0.25, 0.3) is 11.6 Å². The lowest BCUT2D eigenvalue weighted by molar-refractivity contribution is -0.384. The van der Waals surface area contributed by atoms with Gasteiger partial charge in [0.2, 0.25) is 0 Å². The number of nitrogens with zero attached hydrogens (tertiary/aromatic N) is 2. The summed E-state index contributed by atoms with van der Waals surface area (Å²) in [5, 5.41) is 17.1. The van der Waals surface area contributed by atoms with Crippen LogP contribution in [0.5, 0.6) is 0 Å². The average molecular weight is 404 g/mol. The molecule has 8 heteroatoms. The Kier molecular flexibility index (Phi) is 5.14. The number of carbonyl (C=O) groups excluding carboxylic acids is 2. The number of non-ortho nitro benzene ring substituents is 1. The lowest BCUT2D eigenvalue weighted by Gasteiger charge is -2.34. The molecule has 1 amide bonds. The predicted octanol–water partition coefficient (Wildman–Crippen LogP) is 3.60. The van der Waals surface area contributed by atoms with Crippen LogP contribution in [0.1, 0.15) is 37.7 Å². The molecule has 0 unspecified atom stereocenters. The van der Waals surface area contributed by atoms with Crippen LogP contribution in [0.2, 0.25) is 0 Å². The Morgan fingerprint density at radius 2 is 1.97 bits per heavy atom. The first-order valence-corrected chi connectivity index (χ1v) is 9.66. The second-order valence-electron chi connectivity index (χ2n) is 7.28. The monoisotopic (exact) mass is 404 g/mol. The molecule has 0 spiro atoms. The number of nitro benzene ring substituents is 1. The standard InChI is InChI=1S/C22H20N4O4/c1-13-19(22(28)25-18-7-2-3-12-23-18)20(14-8-10-15(11-9-14)26(29)30)21-16(24-13)5-4-6-17(21)27/h2-3,7-12,20,24H,4-6H2,1H3,(H,23,25,28)/t20-/m1/s1. The Balaban J connectivity index is 1.79. The van der Waals surface area contributed by atoms with Crippen LogP contribution in [0, 0.1) is 10.1 Å². The highest BCUT2D eigenvalue weighted by atomic mass is 16.6. The number of allylic oxidation sites excluding steroid dienone is 3. The first-order valence-electron chi connectivity index (χ1n) is 9.66. The van der Waals surface area contributed by atoms with Gasteiger partial charge >= 0.3 is 0 Å². The second-order valence-corrected chi connectivity index (χ2v) is 7.28. The lowest BCUT2D eigenvalue weighted by atomic mass is 9.75. The number of dihydropyridines is 1. The summed E-state index contributed by atoms with van der Waals surface area (Å²) >= 11 is 0. The smallest absolute Gasteiger partial charge is 0.269 e. The van der Waals surface area contributed by atoms with Gasteiger partial charge in [0.15, 0.2) is 5.78 Å². The zero-order chi connectivity index (χ0) is 21.3. The number of ketones is 1. The number of amides is 1. The minimum absolute atomic E-state index is 0.0114. The Labute approximate surface area is 172 Å². The lowest BCUT2D eigenvalue weighted by Crippen LogP contribution is -2.35.